The monoisotopic (exact) mass is 220 g/mol. The fourth-order valence-corrected chi connectivity index (χ4v) is 2.68. The maximum atomic E-state index is 11.1. The van der Waals surface area contributed by atoms with E-state index < -0.39 is 10.8 Å². The lowest BCUT2D eigenvalue weighted by Gasteiger charge is -2.28. The predicted octanol–water partition coefficient (Wildman–Crippen LogP) is -0.585. The van der Waals surface area contributed by atoms with Gasteiger partial charge in [-0.25, -0.2) is 0 Å². The third-order valence-electron chi connectivity index (χ3n) is 2.46. The molecule has 14 heavy (non-hydrogen) atoms. The molecule has 4 nitrogen and oxygen atoms in total. The fraction of sp³-hybridized carbons (Fsp3) is 1.00. The van der Waals surface area contributed by atoms with Gasteiger partial charge < -0.3 is 10.5 Å². The Morgan fingerprint density at radius 2 is 2.14 bits per heavy atom. The van der Waals surface area contributed by atoms with Gasteiger partial charge in [-0.2, -0.15) is 0 Å². The first-order valence-electron chi connectivity index (χ1n) is 5.04. The number of methoxy groups -OCH3 is 1. The van der Waals surface area contributed by atoms with Crippen LogP contribution in [0.1, 0.15) is 6.42 Å². The maximum Gasteiger partial charge on any atom is 0.0477 e. The Kier molecular flexibility index (Phi) is 5.62. The summed E-state index contributed by atoms with van der Waals surface area (Å²) in [5.41, 5.74) is 5.93. The zero-order valence-electron chi connectivity index (χ0n) is 8.78. The van der Waals surface area contributed by atoms with E-state index in [1.807, 2.05) is 0 Å². The molecule has 1 atom stereocenters. The number of ether oxygens (including phenoxy) is 1. The average molecular weight is 220 g/mol. The molecule has 84 valence electrons. The summed E-state index contributed by atoms with van der Waals surface area (Å²) >= 11 is 0. The first kappa shape index (κ1) is 12.1. The van der Waals surface area contributed by atoms with Gasteiger partial charge in [-0.05, 0) is 6.42 Å². The molecule has 2 N–H and O–H groups in total. The summed E-state index contributed by atoms with van der Waals surface area (Å²) in [6.07, 6.45) is 0.899. The van der Waals surface area contributed by atoms with E-state index in [2.05, 4.69) is 4.90 Å². The Bertz CT molecular complexity index is 180. The SMILES string of the molecule is COCCC(N)CN1CCS(=O)CC1. The molecule has 0 amide bonds. The van der Waals surface area contributed by atoms with Gasteiger partial charge >= 0.3 is 0 Å². The van der Waals surface area contributed by atoms with E-state index in [1.165, 1.54) is 0 Å². The summed E-state index contributed by atoms with van der Waals surface area (Å²) in [5, 5.41) is 0. The van der Waals surface area contributed by atoms with Crippen LogP contribution in [0.2, 0.25) is 0 Å². The Labute approximate surface area is 88.2 Å². The minimum absolute atomic E-state index is 0.182. The van der Waals surface area contributed by atoms with Crippen molar-refractivity contribution in [3.8, 4) is 0 Å². The normalized spacial score (nSPS) is 22.4. The van der Waals surface area contributed by atoms with Gasteiger partial charge in [0.2, 0.25) is 0 Å². The van der Waals surface area contributed by atoms with Gasteiger partial charge in [0.1, 0.15) is 0 Å². The molecule has 1 unspecified atom stereocenters. The fourth-order valence-electron chi connectivity index (χ4n) is 1.55. The molecule has 0 aliphatic carbocycles. The van der Waals surface area contributed by atoms with Crippen molar-refractivity contribution < 1.29 is 8.95 Å². The molecule has 0 aromatic heterocycles. The van der Waals surface area contributed by atoms with Crippen LogP contribution in [0.3, 0.4) is 0 Å². The Hall–Kier alpha value is 0.0300. The molecule has 1 rings (SSSR count). The van der Waals surface area contributed by atoms with E-state index in [0.717, 1.165) is 44.2 Å². The zero-order chi connectivity index (χ0) is 10.4. The molecule has 0 aromatic rings. The van der Waals surface area contributed by atoms with Crippen LogP contribution in [0.4, 0.5) is 0 Å². The van der Waals surface area contributed by atoms with Crippen molar-refractivity contribution in [3.63, 3.8) is 0 Å². The van der Waals surface area contributed by atoms with Crippen molar-refractivity contribution in [1.82, 2.24) is 4.90 Å². The van der Waals surface area contributed by atoms with Crippen molar-refractivity contribution in [2.75, 3.05) is 44.9 Å². The highest BCUT2D eigenvalue weighted by Crippen LogP contribution is 2.01. The minimum Gasteiger partial charge on any atom is -0.385 e. The third-order valence-corrected chi connectivity index (χ3v) is 3.73. The molecule has 1 fully saturated rings. The number of hydrogen-bond acceptors (Lipinski definition) is 4. The van der Waals surface area contributed by atoms with Crippen LogP contribution in [0, 0.1) is 0 Å². The second-order valence-corrected chi connectivity index (χ2v) is 5.39. The summed E-state index contributed by atoms with van der Waals surface area (Å²) in [6.45, 7) is 3.47. The van der Waals surface area contributed by atoms with Gasteiger partial charge in [0.15, 0.2) is 0 Å². The van der Waals surface area contributed by atoms with Crippen molar-refractivity contribution in [3.05, 3.63) is 0 Å². The molecule has 0 saturated carbocycles. The number of nitrogens with zero attached hydrogens (tertiary/aromatic N) is 1. The van der Waals surface area contributed by atoms with E-state index in [-0.39, 0.29) is 6.04 Å². The first-order valence-corrected chi connectivity index (χ1v) is 6.53. The van der Waals surface area contributed by atoms with Crippen molar-refractivity contribution >= 4 is 10.8 Å². The minimum atomic E-state index is -0.588. The molecular weight excluding hydrogens is 200 g/mol. The standard InChI is InChI=1S/C9H20N2O2S/c1-13-5-2-9(10)8-11-3-6-14(12)7-4-11/h9H,2-8,10H2,1H3. The lowest BCUT2D eigenvalue weighted by molar-refractivity contribution is 0.177. The zero-order valence-corrected chi connectivity index (χ0v) is 9.59. The van der Waals surface area contributed by atoms with E-state index in [1.54, 1.807) is 7.11 Å². The molecule has 0 spiro atoms. The van der Waals surface area contributed by atoms with E-state index in [4.69, 9.17) is 10.5 Å². The smallest absolute Gasteiger partial charge is 0.0477 e. The van der Waals surface area contributed by atoms with Gasteiger partial charge in [0.25, 0.3) is 0 Å². The average Bonchev–Trinajstić information content (AvgIpc) is 2.18. The largest absolute Gasteiger partial charge is 0.385 e. The van der Waals surface area contributed by atoms with Gasteiger partial charge in [0.05, 0.1) is 0 Å². The van der Waals surface area contributed by atoms with Crippen LogP contribution in [0.25, 0.3) is 0 Å². The van der Waals surface area contributed by atoms with Crippen LogP contribution in [-0.4, -0.2) is 60.0 Å². The Balaban J connectivity index is 2.13. The first-order chi connectivity index (χ1) is 6.72. The summed E-state index contributed by atoms with van der Waals surface area (Å²) in [4.78, 5) is 2.29. The van der Waals surface area contributed by atoms with Crippen LogP contribution in [0.15, 0.2) is 0 Å². The second kappa shape index (κ2) is 6.50. The summed E-state index contributed by atoms with van der Waals surface area (Å²) < 4.78 is 16.1. The predicted molar refractivity (Wildman–Crippen MR) is 58.8 cm³/mol. The summed E-state index contributed by atoms with van der Waals surface area (Å²) in [6, 6.07) is 0.182. The van der Waals surface area contributed by atoms with Crippen molar-refractivity contribution in [2.24, 2.45) is 5.73 Å². The van der Waals surface area contributed by atoms with Gasteiger partial charge in [-0.15, -0.1) is 0 Å². The molecule has 5 heteroatoms. The Morgan fingerprint density at radius 1 is 1.50 bits per heavy atom. The molecule has 1 heterocycles. The summed E-state index contributed by atoms with van der Waals surface area (Å²) in [7, 11) is 1.10. The van der Waals surface area contributed by atoms with Crippen molar-refractivity contribution in [1.29, 1.82) is 0 Å². The van der Waals surface area contributed by atoms with Gasteiger partial charge in [-0.3, -0.25) is 9.11 Å². The van der Waals surface area contributed by atoms with E-state index in [9.17, 15) is 4.21 Å². The molecule has 0 bridgehead atoms. The second-order valence-electron chi connectivity index (χ2n) is 3.69. The quantitative estimate of drug-likeness (QED) is 0.673. The highest BCUT2D eigenvalue weighted by Gasteiger charge is 2.16. The van der Waals surface area contributed by atoms with Gasteiger partial charge in [-0.1, -0.05) is 0 Å². The molecule has 1 saturated heterocycles. The highest BCUT2D eigenvalue weighted by atomic mass is 32.2. The number of hydrogen-bond donors (Lipinski definition) is 1. The van der Waals surface area contributed by atoms with E-state index >= 15 is 0 Å². The topological polar surface area (TPSA) is 55.6 Å². The molecular formula is C9H20N2O2S. The van der Waals surface area contributed by atoms with Crippen molar-refractivity contribution in [2.45, 2.75) is 12.5 Å². The van der Waals surface area contributed by atoms with Crippen LogP contribution >= 0.6 is 0 Å². The lowest BCUT2D eigenvalue weighted by Crippen LogP contribution is -2.44. The van der Waals surface area contributed by atoms with Gasteiger partial charge in [0, 0.05) is 61.7 Å². The lowest BCUT2D eigenvalue weighted by atomic mass is 10.2. The number of nitrogens with two attached hydrogens (primary N) is 1. The molecule has 0 aromatic carbocycles. The third kappa shape index (κ3) is 4.50. The molecule has 1 aliphatic heterocycles. The van der Waals surface area contributed by atoms with Crippen LogP contribution in [-0.2, 0) is 15.5 Å². The Morgan fingerprint density at radius 3 is 2.71 bits per heavy atom. The molecule has 0 radical (unpaired) electrons. The van der Waals surface area contributed by atoms with Crippen LogP contribution in [0.5, 0.6) is 0 Å². The summed E-state index contributed by atoms with van der Waals surface area (Å²) in [5.74, 6) is 1.61. The van der Waals surface area contributed by atoms with Crippen LogP contribution < -0.4 is 5.73 Å². The maximum absolute atomic E-state index is 11.1. The number of rotatable bonds is 5. The molecule has 1 aliphatic rings. The van der Waals surface area contributed by atoms with E-state index in [0.29, 0.717) is 0 Å². The highest BCUT2D eigenvalue weighted by molar-refractivity contribution is 7.85.